The van der Waals surface area contributed by atoms with E-state index in [1.54, 1.807) is 10.9 Å². The van der Waals surface area contributed by atoms with E-state index < -0.39 is 5.97 Å². The van der Waals surface area contributed by atoms with Crippen molar-refractivity contribution in [2.75, 3.05) is 18.1 Å². The van der Waals surface area contributed by atoms with Crippen LogP contribution in [0.2, 0.25) is 5.02 Å². The molecule has 0 unspecified atom stereocenters. The molecule has 1 heterocycles. The molecule has 0 bridgehead atoms. The zero-order valence-electron chi connectivity index (χ0n) is 12.2. The smallest absolute Gasteiger partial charge is 0.313 e. The van der Waals surface area contributed by atoms with Gasteiger partial charge in [0.25, 0.3) is 5.91 Å². The molecule has 0 aliphatic rings. The number of carboxylic acids is 1. The predicted octanol–water partition coefficient (Wildman–Crippen LogP) is 2.13. The maximum absolute atomic E-state index is 12.0. The zero-order chi connectivity index (χ0) is 16.7. The Balaban J connectivity index is 1.83. The number of halogens is 1. The van der Waals surface area contributed by atoms with Crippen molar-refractivity contribution in [3.05, 3.63) is 52.8 Å². The topological polar surface area (TPSA) is 84.2 Å². The number of carbonyl (C=O) groups excluding carboxylic acids is 1. The first-order valence-electron chi connectivity index (χ1n) is 6.90. The first-order valence-corrected chi connectivity index (χ1v) is 8.43. The highest BCUT2D eigenvalue weighted by Gasteiger charge is 2.09. The fourth-order valence-corrected chi connectivity index (χ4v) is 2.63. The number of carboxylic acid groups (broad SMARTS) is 1. The van der Waals surface area contributed by atoms with Crippen molar-refractivity contribution in [3.8, 4) is 0 Å². The minimum atomic E-state index is -0.859. The quantitative estimate of drug-likeness (QED) is 0.710. The molecule has 2 N–H and O–H groups in total. The van der Waals surface area contributed by atoms with Crippen LogP contribution in [0.25, 0.3) is 0 Å². The van der Waals surface area contributed by atoms with Crippen LogP contribution < -0.4 is 5.32 Å². The van der Waals surface area contributed by atoms with E-state index in [1.807, 2.05) is 24.3 Å². The Morgan fingerprint density at radius 3 is 2.87 bits per heavy atom. The molecule has 1 amide bonds. The number of rotatable bonds is 8. The number of hydrogen-bond donors (Lipinski definition) is 2. The summed E-state index contributed by atoms with van der Waals surface area (Å²) < 4.78 is 1.65. The van der Waals surface area contributed by atoms with Gasteiger partial charge in [0.05, 0.1) is 24.1 Å². The molecule has 0 aliphatic heterocycles. The molecule has 0 fully saturated rings. The van der Waals surface area contributed by atoms with Crippen molar-refractivity contribution in [1.29, 1.82) is 0 Å². The van der Waals surface area contributed by atoms with E-state index in [-0.39, 0.29) is 11.7 Å². The number of nitrogens with one attached hydrogen (secondary N) is 1. The molecule has 0 saturated heterocycles. The monoisotopic (exact) mass is 353 g/mol. The van der Waals surface area contributed by atoms with Gasteiger partial charge in [-0.15, -0.1) is 11.8 Å². The molecule has 0 saturated carbocycles. The minimum absolute atomic E-state index is 0.0334. The van der Waals surface area contributed by atoms with Gasteiger partial charge in [-0.05, 0) is 11.6 Å². The first kappa shape index (κ1) is 17.4. The van der Waals surface area contributed by atoms with Crippen molar-refractivity contribution in [1.82, 2.24) is 15.1 Å². The lowest BCUT2D eigenvalue weighted by molar-refractivity contribution is -0.133. The molecule has 2 rings (SSSR count). The molecule has 122 valence electrons. The summed E-state index contributed by atoms with van der Waals surface area (Å²) in [6.45, 7) is 0.897. The van der Waals surface area contributed by atoms with Gasteiger partial charge >= 0.3 is 5.97 Å². The summed E-state index contributed by atoms with van der Waals surface area (Å²) in [5.41, 5.74) is 1.38. The third-order valence-corrected chi connectivity index (χ3v) is 4.26. The average molecular weight is 354 g/mol. The first-order chi connectivity index (χ1) is 11.1. The van der Waals surface area contributed by atoms with Crippen molar-refractivity contribution >= 4 is 35.2 Å². The maximum Gasteiger partial charge on any atom is 0.313 e. The van der Waals surface area contributed by atoms with Crippen LogP contribution in [0, 0.1) is 0 Å². The third-order valence-electron chi connectivity index (χ3n) is 2.94. The Bertz CT molecular complexity index is 690. The zero-order valence-corrected chi connectivity index (χ0v) is 13.8. The van der Waals surface area contributed by atoms with Gasteiger partial charge in [-0.25, -0.2) is 0 Å². The fraction of sp³-hybridized carbons (Fsp3) is 0.267. The van der Waals surface area contributed by atoms with Gasteiger partial charge in [0.15, 0.2) is 0 Å². The standard InChI is InChI=1S/C15H16ClN3O3S/c16-13-4-2-1-3-11(13)8-19-9-12(7-18-19)15(22)17-5-6-23-10-14(20)21/h1-4,7,9H,5-6,8,10H2,(H,17,22)(H,20,21). The molecule has 0 aliphatic carbocycles. The summed E-state index contributed by atoms with van der Waals surface area (Å²) in [5.74, 6) is -0.509. The van der Waals surface area contributed by atoms with Crippen LogP contribution in [0.15, 0.2) is 36.7 Å². The number of aromatic nitrogens is 2. The van der Waals surface area contributed by atoms with Crippen molar-refractivity contribution in [2.45, 2.75) is 6.54 Å². The molecule has 6 nitrogen and oxygen atoms in total. The molecule has 2 aromatic rings. The van der Waals surface area contributed by atoms with Crippen molar-refractivity contribution in [2.24, 2.45) is 0 Å². The van der Waals surface area contributed by atoms with Crippen LogP contribution in [0.5, 0.6) is 0 Å². The minimum Gasteiger partial charge on any atom is -0.481 e. The molecular formula is C15H16ClN3O3S. The van der Waals surface area contributed by atoms with Gasteiger partial charge < -0.3 is 10.4 Å². The lowest BCUT2D eigenvalue weighted by Gasteiger charge is -2.04. The Morgan fingerprint density at radius 2 is 2.13 bits per heavy atom. The number of hydrogen-bond acceptors (Lipinski definition) is 4. The summed E-state index contributed by atoms with van der Waals surface area (Å²) in [6.07, 6.45) is 3.15. The van der Waals surface area contributed by atoms with E-state index >= 15 is 0 Å². The summed E-state index contributed by atoms with van der Waals surface area (Å²) in [6, 6.07) is 7.47. The summed E-state index contributed by atoms with van der Waals surface area (Å²) in [5, 5.41) is 16.1. The average Bonchev–Trinajstić information content (AvgIpc) is 2.97. The van der Waals surface area contributed by atoms with E-state index in [2.05, 4.69) is 10.4 Å². The Kier molecular flexibility index (Phi) is 6.49. The maximum atomic E-state index is 12.0. The number of amides is 1. The summed E-state index contributed by atoms with van der Waals surface area (Å²) in [4.78, 5) is 22.3. The van der Waals surface area contributed by atoms with E-state index in [9.17, 15) is 9.59 Å². The van der Waals surface area contributed by atoms with Crippen LogP contribution in [0.4, 0.5) is 0 Å². The van der Waals surface area contributed by atoms with E-state index in [0.717, 1.165) is 5.56 Å². The molecular weight excluding hydrogens is 338 g/mol. The highest BCUT2D eigenvalue weighted by Crippen LogP contribution is 2.16. The Hall–Kier alpha value is -1.99. The van der Waals surface area contributed by atoms with E-state index in [0.29, 0.717) is 29.4 Å². The van der Waals surface area contributed by atoms with Crippen molar-refractivity contribution in [3.63, 3.8) is 0 Å². The van der Waals surface area contributed by atoms with Gasteiger partial charge in [-0.1, -0.05) is 29.8 Å². The van der Waals surface area contributed by atoms with Crippen LogP contribution >= 0.6 is 23.4 Å². The van der Waals surface area contributed by atoms with Crippen LogP contribution in [0.3, 0.4) is 0 Å². The van der Waals surface area contributed by atoms with Crippen LogP contribution in [-0.4, -0.2) is 44.8 Å². The van der Waals surface area contributed by atoms with Gasteiger partial charge in [0.1, 0.15) is 0 Å². The molecule has 8 heteroatoms. The second kappa shape index (κ2) is 8.59. The summed E-state index contributed by atoms with van der Waals surface area (Å²) in [7, 11) is 0. The third kappa shape index (κ3) is 5.61. The Morgan fingerprint density at radius 1 is 1.35 bits per heavy atom. The van der Waals surface area contributed by atoms with Crippen molar-refractivity contribution < 1.29 is 14.7 Å². The normalized spacial score (nSPS) is 10.5. The van der Waals surface area contributed by atoms with Gasteiger partial charge in [0.2, 0.25) is 0 Å². The van der Waals surface area contributed by atoms with E-state index in [4.69, 9.17) is 16.7 Å². The Labute approximate surface area is 142 Å². The van der Waals surface area contributed by atoms with E-state index in [1.165, 1.54) is 18.0 Å². The second-order valence-electron chi connectivity index (χ2n) is 4.72. The van der Waals surface area contributed by atoms with Gasteiger partial charge in [0, 0.05) is 23.5 Å². The lowest BCUT2D eigenvalue weighted by Crippen LogP contribution is -2.25. The SMILES string of the molecule is O=C(O)CSCCNC(=O)c1cnn(Cc2ccccc2Cl)c1. The highest BCUT2D eigenvalue weighted by molar-refractivity contribution is 7.99. The highest BCUT2D eigenvalue weighted by atomic mass is 35.5. The summed E-state index contributed by atoms with van der Waals surface area (Å²) >= 11 is 7.36. The molecule has 1 aromatic heterocycles. The number of carbonyl (C=O) groups is 2. The number of benzene rings is 1. The second-order valence-corrected chi connectivity index (χ2v) is 6.23. The molecule has 23 heavy (non-hydrogen) atoms. The van der Waals surface area contributed by atoms with Crippen LogP contribution in [0.1, 0.15) is 15.9 Å². The number of aliphatic carboxylic acids is 1. The predicted molar refractivity (Wildman–Crippen MR) is 90.1 cm³/mol. The van der Waals surface area contributed by atoms with Gasteiger partial charge in [-0.2, -0.15) is 5.10 Å². The largest absolute Gasteiger partial charge is 0.481 e. The molecule has 0 spiro atoms. The molecule has 0 radical (unpaired) electrons. The van der Waals surface area contributed by atoms with Crippen LogP contribution in [-0.2, 0) is 11.3 Å². The molecule has 1 aromatic carbocycles. The lowest BCUT2D eigenvalue weighted by atomic mass is 10.2. The number of nitrogens with zero attached hydrogens (tertiary/aromatic N) is 2. The van der Waals surface area contributed by atoms with Gasteiger partial charge in [-0.3, -0.25) is 14.3 Å². The fourth-order valence-electron chi connectivity index (χ4n) is 1.87. The molecule has 0 atom stereocenters. The number of thioether (sulfide) groups is 1.